The summed E-state index contributed by atoms with van der Waals surface area (Å²) < 4.78 is 7.36. The Labute approximate surface area is 178 Å². The highest BCUT2D eigenvalue weighted by Gasteiger charge is 2.10. The Balaban J connectivity index is 1.56. The summed E-state index contributed by atoms with van der Waals surface area (Å²) >= 11 is 5.72. The van der Waals surface area contributed by atoms with Gasteiger partial charge in [-0.15, -0.1) is 0 Å². The van der Waals surface area contributed by atoms with Crippen LogP contribution in [0.2, 0.25) is 0 Å². The number of hydrogen-bond donors (Lipinski definition) is 1. The van der Waals surface area contributed by atoms with Gasteiger partial charge >= 0.3 is 0 Å². The van der Waals surface area contributed by atoms with Crippen LogP contribution in [0.1, 0.15) is 17.5 Å². The van der Waals surface area contributed by atoms with Crippen LogP contribution >= 0.6 is 12.2 Å². The number of thiocarbonyl (C=S) groups is 1. The molecule has 0 aliphatic heterocycles. The summed E-state index contributed by atoms with van der Waals surface area (Å²) in [6, 6.07) is 18.6. The van der Waals surface area contributed by atoms with Crippen molar-refractivity contribution in [3.8, 4) is 5.75 Å². The number of rotatable bonds is 10. The lowest BCUT2D eigenvalue weighted by atomic mass is 10.1. The second-order valence-electron chi connectivity index (χ2n) is 6.89. The van der Waals surface area contributed by atoms with Crippen molar-refractivity contribution in [2.45, 2.75) is 25.9 Å². The molecule has 0 atom stereocenters. The Kier molecular flexibility index (Phi) is 8.07. The fourth-order valence-corrected chi connectivity index (χ4v) is 3.40. The maximum atomic E-state index is 5.72. The number of ether oxygens (including phenoxy) is 1. The van der Waals surface area contributed by atoms with E-state index in [0.717, 1.165) is 49.9 Å². The Bertz CT molecular complexity index is 850. The highest BCUT2D eigenvalue weighted by Crippen LogP contribution is 2.13. The van der Waals surface area contributed by atoms with Crippen LogP contribution in [0.5, 0.6) is 5.75 Å². The maximum Gasteiger partial charge on any atom is 0.169 e. The zero-order chi connectivity index (χ0) is 20.3. The molecule has 0 spiro atoms. The van der Waals surface area contributed by atoms with E-state index in [9.17, 15) is 0 Å². The van der Waals surface area contributed by atoms with Gasteiger partial charge in [0.05, 0.1) is 13.4 Å². The fourth-order valence-electron chi connectivity index (χ4n) is 3.14. The van der Waals surface area contributed by atoms with Crippen LogP contribution in [0.15, 0.2) is 73.3 Å². The van der Waals surface area contributed by atoms with Gasteiger partial charge in [-0.3, -0.25) is 0 Å². The van der Waals surface area contributed by atoms with Gasteiger partial charge in [-0.2, -0.15) is 0 Å². The monoisotopic (exact) mass is 408 g/mol. The number of benzene rings is 2. The molecule has 1 heterocycles. The standard InChI is InChI=1S/C23H28N4OS/c1-28-22-10-8-21(9-11-22)18-27(16-5-15-26-17-14-24-19-26)23(29)25-13-12-20-6-3-2-4-7-20/h2-4,6-11,14,17,19H,5,12-13,15-16,18H2,1H3,(H,25,29). The van der Waals surface area contributed by atoms with Gasteiger partial charge in [0, 0.05) is 38.6 Å². The molecule has 0 bridgehead atoms. The SMILES string of the molecule is COc1ccc(CN(CCCn2ccnc2)C(=S)NCCc2ccccc2)cc1. The van der Waals surface area contributed by atoms with Crippen LogP contribution < -0.4 is 10.1 Å². The van der Waals surface area contributed by atoms with E-state index in [2.05, 4.69) is 56.2 Å². The molecule has 0 saturated heterocycles. The summed E-state index contributed by atoms with van der Waals surface area (Å²) in [5.41, 5.74) is 2.52. The summed E-state index contributed by atoms with van der Waals surface area (Å²) in [4.78, 5) is 6.34. The summed E-state index contributed by atoms with van der Waals surface area (Å²) in [5.74, 6) is 0.865. The first-order chi connectivity index (χ1) is 14.2. The van der Waals surface area contributed by atoms with Gasteiger partial charge in [0.25, 0.3) is 0 Å². The largest absolute Gasteiger partial charge is 0.497 e. The number of imidazole rings is 1. The van der Waals surface area contributed by atoms with Gasteiger partial charge in [-0.1, -0.05) is 42.5 Å². The van der Waals surface area contributed by atoms with E-state index in [1.807, 2.05) is 36.9 Å². The van der Waals surface area contributed by atoms with Crippen molar-refractivity contribution < 1.29 is 4.74 Å². The van der Waals surface area contributed by atoms with E-state index >= 15 is 0 Å². The molecular formula is C23H28N4OS. The molecular weight excluding hydrogens is 380 g/mol. The average Bonchev–Trinajstić information content (AvgIpc) is 3.28. The van der Waals surface area contributed by atoms with E-state index in [0.29, 0.717) is 0 Å². The van der Waals surface area contributed by atoms with Crippen LogP contribution in [0.25, 0.3) is 0 Å². The molecule has 5 nitrogen and oxygen atoms in total. The molecule has 2 aromatic carbocycles. The highest BCUT2D eigenvalue weighted by atomic mass is 32.1. The molecule has 0 fully saturated rings. The summed E-state index contributed by atoms with van der Waals surface area (Å²) in [6.07, 6.45) is 7.60. The molecule has 6 heteroatoms. The van der Waals surface area contributed by atoms with Crippen molar-refractivity contribution in [3.05, 3.63) is 84.4 Å². The summed E-state index contributed by atoms with van der Waals surface area (Å²) in [5, 5.41) is 4.23. The van der Waals surface area contributed by atoms with E-state index in [1.165, 1.54) is 11.1 Å². The van der Waals surface area contributed by atoms with Crippen molar-refractivity contribution in [1.82, 2.24) is 19.8 Å². The van der Waals surface area contributed by atoms with E-state index in [-0.39, 0.29) is 0 Å². The van der Waals surface area contributed by atoms with Gasteiger partial charge in [0.2, 0.25) is 0 Å². The van der Waals surface area contributed by atoms with Crippen molar-refractivity contribution in [3.63, 3.8) is 0 Å². The Hall–Kier alpha value is -2.86. The molecule has 0 unspecified atom stereocenters. The minimum Gasteiger partial charge on any atom is -0.497 e. The van der Waals surface area contributed by atoms with Gasteiger partial charge in [0.15, 0.2) is 5.11 Å². The third-order valence-electron chi connectivity index (χ3n) is 4.76. The normalized spacial score (nSPS) is 10.5. The Morgan fingerprint density at radius 1 is 1.10 bits per heavy atom. The molecule has 3 aromatic rings. The van der Waals surface area contributed by atoms with Crippen molar-refractivity contribution in [1.29, 1.82) is 0 Å². The van der Waals surface area contributed by atoms with Crippen LogP contribution in [-0.2, 0) is 19.5 Å². The van der Waals surface area contributed by atoms with Crippen LogP contribution in [-0.4, -0.2) is 39.8 Å². The first-order valence-electron chi connectivity index (χ1n) is 9.90. The zero-order valence-corrected chi connectivity index (χ0v) is 17.6. The topological polar surface area (TPSA) is 42.3 Å². The van der Waals surface area contributed by atoms with Crippen LogP contribution in [0.3, 0.4) is 0 Å². The third-order valence-corrected chi connectivity index (χ3v) is 5.16. The van der Waals surface area contributed by atoms with Crippen molar-refractivity contribution in [2.75, 3.05) is 20.2 Å². The third kappa shape index (κ3) is 6.91. The van der Waals surface area contributed by atoms with E-state index in [4.69, 9.17) is 17.0 Å². The number of methoxy groups -OCH3 is 1. The van der Waals surface area contributed by atoms with Crippen molar-refractivity contribution >= 4 is 17.3 Å². The number of nitrogens with zero attached hydrogens (tertiary/aromatic N) is 3. The molecule has 29 heavy (non-hydrogen) atoms. The lowest BCUT2D eigenvalue weighted by molar-refractivity contribution is 0.384. The quantitative estimate of drug-likeness (QED) is 0.516. The number of nitrogens with one attached hydrogen (secondary N) is 1. The molecule has 152 valence electrons. The second-order valence-corrected chi connectivity index (χ2v) is 7.28. The van der Waals surface area contributed by atoms with Gasteiger partial charge < -0.3 is 19.5 Å². The maximum absolute atomic E-state index is 5.72. The highest BCUT2D eigenvalue weighted by molar-refractivity contribution is 7.80. The van der Waals surface area contributed by atoms with Gasteiger partial charge in [0.1, 0.15) is 5.75 Å². The molecule has 3 rings (SSSR count). The zero-order valence-electron chi connectivity index (χ0n) is 16.8. The van der Waals surface area contributed by atoms with Crippen LogP contribution in [0.4, 0.5) is 0 Å². The number of hydrogen-bond acceptors (Lipinski definition) is 3. The number of aromatic nitrogens is 2. The minimum absolute atomic E-state index is 0.769. The minimum atomic E-state index is 0.769. The first-order valence-corrected chi connectivity index (χ1v) is 10.3. The predicted molar refractivity (Wildman–Crippen MR) is 121 cm³/mol. The lowest BCUT2D eigenvalue weighted by Gasteiger charge is -2.26. The molecule has 0 saturated carbocycles. The van der Waals surface area contributed by atoms with Crippen LogP contribution in [0, 0.1) is 0 Å². The van der Waals surface area contributed by atoms with Crippen molar-refractivity contribution in [2.24, 2.45) is 0 Å². The lowest BCUT2D eigenvalue weighted by Crippen LogP contribution is -2.40. The predicted octanol–water partition coefficient (Wildman–Crippen LogP) is 3.90. The molecule has 1 N–H and O–H groups in total. The second kappa shape index (κ2) is 11.2. The van der Waals surface area contributed by atoms with Gasteiger partial charge in [-0.05, 0) is 48.3 Å². The van der Waals surface area contributed by atoms with E-state index in [1.54, 1.807) is 7.11 Å². The first kappa shape index (κ1) is 20.9. The summed E-state index contributed by atoms with van der Waals surface area (Å²) in [6.45, 7) is 3.39. The molecule has 0 radical (unpaired) electrons. The van der Waals surface area contributed by atoms with Gasteiger partial charge in [-0.25, -0.2) is 4.98 Å². The Morgan fingerprint density at radius 2 is 1.90 bits per heavy atom. The Morgan fingerprint density at radius 3 is 2.59 bits per heavy atom. The molecule has 0 amide bonds. The smallest absolute Gasteiger partial charge is 0.169 e. The summed E-state index contributed by atoms with van der Waals surface area (Å²) in [7, 11) is 1.68. The average molecular weight is 409 g/mol. The molecule has 0 aliphatic rings. The molecule has 1 aromatic heterocycles. The van der Waals surface area contributed by atoms with E-state index < -0.39 is 0 Å². The fraction of sp³-hybridized carbons (Fsp3) is 0.304. The molecule has 0 aliphatic carbocycles. The number of aryl methyl sites for hydroxylation is 1.